The van der Waals surface area contributed by atoms with Crippen LogP contribution in [0.25, 0.3) is 0 Å². The Morgan fingerprint density at radius 1 is 1.15 bits per heavy atom. The highest BCUT2D eigenvalue weighted by Crippen LogP contribution is 2.65. The number of ether oxygens (including phenoxy) is 1. The van der Waals surface area contributed by atoms with E-state index < -0.39 is 5.97 Å². The van der Waals surface area contributed by atoms with Gasteiger partial charge < -0.3 is 4.74 Å². The molecule has 6 atom stereocenters. The largest absolute Gasteiger partial charge is 0.462 e. The second kappa shape index (κ2) is 5.43. The van der Waals surface area contributed by atoms with Gasteiger partial charge in [0.15, 0.2) is 0 Å². The lowest BCUT2D eigenvalue weighted by Crippen LogP contribution is -2.40. The number of imide groups is 1. The van der Waals surface area contributed by atoms with Crippen molar-refractivity contribution in [1.29, 1.82) is 0 Å². The Hall–Kier alpha value is -2.14. The molecule has 26 heavy (non-hydrogen) atoms. The molecule has 1 aliphatic heterocycles. The van der Waals surface area contributed by atoms with Gasteiger partial charge in [0.25, 0.3) is 0 Å². The van der Waals surface area contributed by atoms with Gasteiger partial charge in [-0.15, -0.1) is 0 Å². The number of rotatable bonds is 3. The summed E-state index contributed by atoms with van der Waals surface area (Å²) in [4.78, 5) is 39.6. The Bertz CT molecular complexity index is 843. The van der Waals surface area contributed by atoms with Crippen LogP contribution in [0.3, 0.4) is 0 Å². The summed E-state index contributed by atoms with van der Waals surface area (Å²) in [7, 11) is 0. The fourth-order valence-electron chi connectivity index (χ4n) is 5.23. The molecule has 1 saturated heterocycles. The number of hydrogen-bond donors (Lipinski definition) is 0. The maximum atomic E-state index is 13.1. The standard InChI is InChI=1S/C20H18ClNO4/c1-2-26-20(25)14-7-9(3-6-15(14)21)22-18(23)16-10-4-5-11(13-8-12(10)13)17(16)19(22)24/h3-7,10-13,16-17H,2,8H2,1H3/t10-,11-,12-,13+,16+,17+/m0/s1. The molecule has 2 saturated carbocycles. The first-order chi connectivity index (χ1) is 12.5. The zero-order chi connectivity index (χ0) is 18.2. The molecule has 6 rings (SSSR count). The van der Waals surface area contributed by atoms with E-state index in [1.54, 1.807) is 13.0 Å². The quantitative estimate of drug-likeness (QED) is 0.465. The second-order valence-electron chi connectivity index (χ2n) is 7.55. The second-order valence-corrected chi connectivity index (χ2v) is 7.96. The van der Waals surface area contributed by atoms with Crippen LogP contribution >= 0.6 is 11.6 Å². The number of benzene rings is 1. The molecule has 0 unspecified atom stereocenters. The van der Waals surface area contributed by atoms with Crippen LogP contribution in [0.1, 0.15) is 23.7 Å². The fourth-order valence-corrected chi connectivity index (χ4v) is 5.42. The van der Waals surface area contributed by atoms with Crippen LogP contribution in [-0.2, 0) is 14.3 Å². The van der Waals surface area contributed by atoms with Crippen molar-refractivity contribution >= 4 is 35.1 Å². The molecular weight excluding hydrogens is 354 g/mol. The summed E-state index contributed by atoms with van der Waals surface area (Å²) in [5.41, 5.74) is 0.570. The summed E-state index contributed by atoms with van der Waals surface area (Å²) in [6, 6.07) is 4.65. The molecule has 3 fully saturated rings. The molecule has 0 aromatic heterocycles. The molecule has 4 aliphatic carbocycles. The predicted molar refractivity (Wildman–Crippen MR) is 94.6 cm³/mol. The number of carbonyl (C=O) groups excluding carboxylic acids is 3. The molecule has 5 aliphatic rings. The highest BCUT2D eigenvalue weighted by Gasteiger charge is 2.67. The summed E-state index contributed by atoms with van der Waals surface area (Å²) in [5.74, 6) is 0.0847. The molecule has 6 heteroatoms. The summed E-state index contributed by atoms with van der Waals surface area (Å²) >= 11 is 6.11. The summed E-state index contributed by atoms with van der Waals surface area (Å²) in [6.07, 6.45) is 5.41. The smallest absolute Gasteiger partial charge is 0.339 e. The average Bonchev–Trinajstić information content (AvgIpc) is 3.40. The number of allylic oxidation sites excluding steroid dienone is 2. The Balaban J connectivity index is 1.52. The third-order valence-electron chi connectivity index (χ3n) is 6.37. The van der Waals surface area contributed by atoms with Gasteiger partial charge in [-0.1, -0.05) is 23.8 Å². The molecule has 0 radical (unpaired) electrons. The van der Waals surface area contributed by atoms with E-state index in [4.69, 9.17) is 16.3 Å². The summed E-state index contributed by atoms with van der Waals surface area (Å²) in [5, 5.41) is 0.242. The van der Waals surface area contributed by atoms with Crippen molar-refractivity contribution < 1.29 is 19.1 Å². The van der Waals surface area contributed by atoms with Gasteiger partial charge in [0, 0.05) is 0 Å². The molecular formula is C20H18ClNO4. The molecule has 0 N–H and O–H groups in total. The van der Waals surface area contributed by atoms with Crippen LogP contribution < -0.4 is 4.90 Å². The average molecular weight is 372 g/mol. The lowest BCUT2D eigenvalue weighted by Gasteiger charge is -2.37. The predicted octanol–water partition coefficient (Wildman–Crippen LogP) is 3.07. The van der Waals surface area contributed by atoms with E-state index in [-0.39, 0.29) is 52.7 Å². The first-order valence-electron chi connectivity index (χ1n) is 9.05. The van der Waals surface area contributed by atoms with Crippen molar-refractivity contribution in [1.82, 2.24) is 0 Å². The third-order valence-corrected chi connectivity index (χ3v) is 6.70. The van der Waals surface area contributed by atoms with E-state index in [0.717, 1.165) is 6.42 Å². The minimum atomic E-state index is -0.557. The number of nitrogens with zero attached hydrogens (tertiary/aromatic N) is 1. The van der Waals surface area contributed by atoms with E-state index in [0.29, 0.717) is 17.5 Å². The van der Waals surface area contributed by atoms with E-state index in [9.17, 15) is 14.4 Å². The van der Waals surface area contributed by atoms with Gasteiger partial charge in [-0.2, -0.15) is 0 Å². The highest BCUT2D eigenvalue weighted by atomic mass is 35.5. The number of hydrogen-bond acceptors (Lipinski definition) is 4. The number of anilines is 1. The van der Waals surface area contributed by atoms with Crippen LogP contribution in [0.5, 0.6) is 0 Å². The topological polar surface area (TPSA) is 63.7 Å². The minimum Gasteiger partial charge on any atom is -0.462 e. The molecule has 1 aromatic carbocycles. The maximum absolute atomic E-state index is 13.1. The van der Waals surface area contributed by atoms with Gasteiger partial charge in [-0.3, -0.25) is 9.59 Å². The zero-order valence-electron chi connectivity index (χ0n) is 14.2. The molecule has 2 bridgehead atoms. The lowest BCUT2D eigenvalue weighted by atomic mass is 9.63. The van der Waals surface area contributed by atoms with E-state index >= 15 is 0 Å². The molecule has 0 spiro atoms. The Labute approximate surface area is 155 Å². The Morgan fingerprint density at radius 3 is 2.35 bits per heavy atom. The third kappa shape index (κ3) is 2.01. The fraction of sp³-hybridized carbons (Fsp3) is 0.450. The van der Waals surface area contributed by atoms with Crippen LogP contribution in [0.15, 0.2) is 30.4 Å². The number of carbonyl (C=O) groups is 3. The van der Waals surface area contributed by atoms with Crippen molar-refractivity contribution in [2.75, 3.05) is 11.5 Å². The number of esters is 1. The van der Waals surface area contributed by atoms with Gasteiger partial charge in [0.2, 0.25) is 11.8 Å². The molecule has 1 heterocycles. The number of amides is 2. The van der Waals surface area contributed by atoms with Crippen LogP contribution in [0.2, 0.25) is 5.02 Å². The van der Waals surface area contributed by atoms with Crippen molar-refractivity contribution in [2.45, 2.75) is 13.3 Å². The number of halogens is 1. The first kappa shape index (κ1) is 16.1. The Morgan fingerprint density at radius 2 is 1.77 bits per heavy atom. The summed E-state index contributed by atoms with van der Waals surface area (Å²) < 4.78 is 5.02. The summed E-state index contributed by atoms with van der Waals surface area (Å²) in [6.45, 7) is 1.94. The van der Waals surface area contributed by atoms with Crippen molar-refractivity contribution in [3.05, 3.63) is 40.9 Å². The van der Waals surface area contributed by atoms with E-state index in [1.807, 2.05) is 0 Å². The van der Waals surface area contributed by atoms with Gasteiger partial charge >= 0.3 is 5.97 Å². The van der Waals surface area contributed by atoms with Crippen LogP contribution in [0.4, 0.5) is 5.69 Å². The van der Waals surface area contributed by atoms with Gasteiger partial charge in [0.05, 0.1) is 34.7 Å². The van der Waals surface area contributed by atoms with Crippen molar-refractivity contribution in [3.63, 3.8) is 0 Å². The van der Waals surface area contributed by atoms with E-state index in [1.165, 1.54) is 17.0 Å². The normalized spacial score (nSPS) is 36.2. The van der Waals surface area contributed by atoms with Gasteiger partial charge in [-0.05, 0) is 55.2 Å². The van der Waals surface area contributed by atoms with Crippen LogP contribution in [0, 0.1) is 35.5 Å². The monoisotopic (exact) mass is 371 g/mol. The van der Waals surface area contributed by atoms with Gasteiger partial charge in [0.1, 0.15) is 0 Å². The molecule has 5 nitrogen and oxygen atoms in total. The van der Waals surface area contributed by atoms with Crippen molar-refractivity contribution in [3.8, 4) is 0 Å². The Kier molecular flexibility index (Phi) is 3.35. The van der Waals surface area contributed by atoms with Gasteiger partial charge in [-0.25, -0.2) is 9.69 Å². The lowest BCUT2D eigenvalue weighted by molar-refractivity contribution is -0.124. The maximum Gasteiger partial charge on any atom is 0.339 e. The molecule has 134 valence electrons. The first-order valence-corrected chi connectivity index (χ1v) is 9.43. The van der Waals surface area contributed by atoms with E-state index in [2.05, 4.69) is 12.2 Å². The SMILES string of the molecule is CCOC(=O)c1cc(N2C(=O)[C@@H]3[C@H]4C=C[C@@H]([C@@H]5C[C@H]45)[C@H]3C2=O)ccc1Cl. The minimum absolute atomic E-state index is 0.151. The van der Waals surface area contributed by atoms with Crippen LogP contribution in [-0.4, -0.2) is 24.4 Å². The zero-order valence-corrected chi connectivity index (χ0v) is 15.0. The molecule has 2 amide bonds. The molecule has 1 aromatic rings. The van der Waals surface area contributed by atoms with Crippen molar-refractivity contribution in [2.24, 2.45) is 35.5 Å². The highest BCUT2D eigenvalue weighted by molar-refractivity contribution is 6.34.